The number of amides is 3. The first kappa shape index (κ1) is 30.5. The van der Waals surface area contributed by atoms with E-state index in [4.69, 9.17) is 0 Å². The van der Waals surface area contributed by atoms with Crippen molar-refractivity contribution in [2.24, 2.45) is 5.92 Å². The first-order valence-corrected chi connectivity index (χ1v) is 16.0. The van der Waals surface area contributed by atoms with E-state index in [0.29, 0.717) is 15.6 Å². The number of anilines is 2. The van der Waals surface area contributed by atoms with Gasteiger partial charge in [-0.05, 0) is 47.7 Å². The molecule has 12 heteroatoms. The number of benzene rings is 3. The standard InChI is InChI=1S/C33H30N4O6S2/c1-18-5-11-21(12-6-18)34-24(38)17-35-31-28(45-32(35)41)25(19-7-9-20(10-8-19)33(2,3)4)26-27(44-31)30(40)36(29(26)39)22-13-15-23(16-14-22)37(42)43/h5-16,25-27H,17H2,1-4H3,(H,34,38)/t25-,26-,27+/m0/s1. The summed E-state index contributed by atoms with van der Waals surface area (Å²) in [6.45, 7) is 7.98. The Kier molecular flexibility index (Phi) is 7.74. The molecule has 0 aliphatic carbocycles. The fraction of sp³-hybridized carbons (Fsp3) is 0.273. The van der Waals surface area contributed by atoms with Crippen LogP contribution in [0.4, 0.5) is 17.1 Å². The van der Waals surface area contributed by atoms with Crippen molar-refractivity contribution in [1.82, 2.24) is 4.57 Å². The SMILES string of the molecule is Cc1ccc(NC(=O)Cn2c3c(sc2=O)[C@@H](c2ccc(C(C)(C)C)cc2)[C@@H]2C(=O)N(c4ccc([N+](=O)[O-])cc4)C(=O)[C@@H]2S3)cc1. The predicted molar refractivity (Wildman–Crippen MR) is 174 cm³/mol. The molecule has 10 nitrogen and oxygen atoms in total. The second-order valence-corrected chi connectivity index (χ2v) is 14.4. The largest absolute Gasteiger partial charge is 0.325 e. The number of non-ortho nitro benzene ring substituents is 1. The Hall–Kier alpha value is -4.55. The van der Waals surface area contributed by atoms with Gasteiger partial charge in [-0.2, -0.15) is 0 Å². The third-order valence-electron chi connectivity index (χ3n) is 8.14. The Morgan fingerprint density at radius 2 is 1.58 bits per heavy atom. The van der Waals surface area contributed by atoms with Crippen molar-refractivity contribution in [1.29, 1.82) is 0 Å². The van der Waals surface area contributed by atoms with Crippen LogP contribution in [0, 0.1) is 23.0 Å². The molecular formula is C33H30N4O6S2. The lowest BCUT2D eigenvalue weighted by atomic mass is 9.81. The quantitative estimate of drug-likeness (QED) is 0.158. The number of imide groups is 1. The highest BCUT2D eigenvalue weighted by atomic mass is 32.2. The number of nitrogens with zero attached hydrogens (tertiary/aromatic N) is 3. The molecule has 2 aliphatic rings. The van der Waals surface area contributed by atoms with Crippen molar-refractivity contribution in [2.45, 2.75) is 55.8 Å². The molecule has 1 saturated heterocycles. The van der Waals surface area contributed by atoms with Gasteiger partial charge in [-0.1, -0.05) is 85.8 Å². The Bertz CT molecular complexity index is 1890. The number of rotatable bonds is 6. The zero-order chi connectivity index (χ0) is 32.2. The van der Waals surface area contributed by atoms with Gasteiger partial charge >= 0.3 is 4.87 Å². The Balaban J connectivity index is 1.41. The number of hydrogen-bond acceptors (Lipinski definition) is 8. The maximum atomic E-state index is 14.1. The van der Waals surface area contributed by atoms with Crippen LogP contribution >= 0.6 is 23.1 Å². The van der Waals surface area contributed by atoms with Crippen LogP contribution in [0.5, 0.6) is 0 Å². The van der Waals surface area contributed by atoms with Crippen LogP contribution in [0.3, 0.4) is 0 Å². The second-order valence-electron chi connectivity index (χ2n) is 12.2. The Labute approximate surface area is 267 Å². The zero-order valence-corrected chi connectivity index (χ0v) is 26.6. The summed E-state index contributed by atoms with van der Waals surface area (Å²) in [5.41, 5.74) is 3.49. The van der Waals surface area contributed by atoms with E-state index < -0.39 is 39.7 Å². The number of hydrogen-bond donors (Lipinski definition) is 1. The fourth-order valence-corrected chi connectivity index (χ4v) is 8.54. The van der Waals surface area contributed by atoms with Gasteiger partial charge in [0.05, 0.1) is 21.6 Å². The molecular weight excluding hydrogens is 613 g/mol. The highest BCUT2D eigenvalue weighted by Gasteiger charge is 2.56. The molecule has 0 saturated carbocycles. The van der Waals surface area contributed by atoms with Gasteiger partial charge < -0.3 is 5.32 Å². The number of aryl methyl sites for hydroxylation is 1. The predicted octanol–water partition coefficient (Wildman–Crippen LogP) is 5.86. The molecule has 4 aromatic rings. The van der Waals surface area contributed by atoms with Gasteiger partial charge in [-0.15, -0.1) is 0 Å². The summed E-state index contributed by atoms with van der Waals surface area (Å²) in [7, 11) is 0. The van der Waals surface area contributed by atoms with E-state index >= 15 is 0 Å². The van der Waals surface area contributed by atoms with E-state index in [1.807, 2.05) is 43.3 Å². The van der Waals surface area contributed by atoms with Crippen molar-refractivity contribution >= 4 is 57.9 Å². The normalized spacial score (nSPS) is 19.3. The summed E-state index contributed by atoms with van der Waals surface area (Å²) in [6, 6.07) is 20.5. The summed E-state index contributed by atoms with van der Waals surface area (Å²) in [6.07, 6.45) is 0. The number of nitro groups is 1. The van der Waals surface area contributed by atoms with E-state index in [0.717, 1.165) is 44.7 Å². The van der Waals surface area contributed by atoms with Crippen molar-refractivity contribution in [2.75, 3.05) is 10.2 Å². The molecule has 1 aromatic heterocycles. The van der Waals surface area contributed by atoms with E-state index in [1.165, 1.54) is 28.8 Å². The molecule has 230 valence electrons. The molecule has 3 heterocycles. The van der Waals surface area contributed by atoms with Gasteiger partial charge in [-0.3, -0.25) is 33.9 Å². The molecule has 2 aliphatic heterocycles. The maximum Gasteiger partial charge on any atom is 0.308 e. The molecule has 6 rings (SSSR count). The van der Waals surface area contributed by atoms with Crippen molar-refractivity contribution in [3.05, 3.63) is 114 Å². The number of carbonyl (C=O) groups excluding carboxylic acids is 3. The lowest BCUT2D eigenvalue weighted by Gasteiger charge is -2.31. The monoisotopic (exact) mass is 642 g/mol. The van der Waals surface area contributed by atoms with E-state index in [9.17, 15) is 29.3 Å². The lowest BCUT2D eigenvalue weighted by molar-refractivity contribution is -0.384. The molecule has 0 spiro atoms. The fourth-order valence-electron chi connectivity index (χ4n) is 5.76. The first-order chi connectivity index (χ1) is 21.3. The van der Waals surface area contributed by atoms with Crippen LogP contribution in [0.2, 0.25) is 0 Å². The van der Waals surface area contributed by atoms with E-state index in [-0.39, 0.29) is 28.2 Å². The van der Waals surface area contributed by atoms with Gasteiger partial charge in [0.1, 0.15) is 11.8 Å². The molecule has 1 N–H and O–H groups in total. The minimum atomic E-state index is -0.868. The molecule has 1 fully saturated rings. The van der Waals surface area contributed by atoms with Gasteiger partial charge in [-0.25, -0.2) is 4.90 Å². The van der Waals surface area contributed by atoms with Gasteiger partial charge in [0.2, 0.25) is 17.7 Å². The number of fused-ring (bicyclic) bond motifs is 2. The number of carbonyl (C=O) groups is 3. The molecule has 0 unspecified atom stereocenters. The van der Waals surface area contributed by atoms with Crippen LogP contribution in [0.25, 0.3) is 0 Å². The average Bonchev–Trinajstić information content (AvgIpc) is 3.44. The topological polar surface area (TPSA) is 132 Å². The van der Waals surface area contributed by atoms with Crippen LogP contribution < -0.4 is 15.1 Å². The number of thiazole rings is 1. The summed E-state index contributed by atoms with van der Waals surface area (Å²) in [5.74, 6) is -2.74. The number of nitro benzene ring substituents is 1. The number of nitrogens with one attached hydrogen (secondary N) is 1. The summed E-state index contributed by atoms with van der Waals surface area (Å²) in [4.78, 5) is 66.6. The van der Waals surface area contributed by atoms with Crippen molar-refractivity contribution < 1.29 is 19.3 Å². The van der Waals surface area contributed by atoms with Gasteiger partial charge in [0, 0.05) is 28.6 Å². The highest BCUT2D eigenvalue weighted by Crippen LogP contribution is 2.54. The first-order valence-electron chi connectivity index (χ1n) is 14.3. The summed E-state index contributed by atoms with van der Waals surface area (Å²) in [5, 5.41) is 13.6. The van der Waals surface area contributed by atoms with Crippen LogP contribution in [-0.4, -0.2) is 32.5 Å². The van der Waals surface area contributed by atoms with Crippen LogP contribution in [0.15, 0.2) is 82.6 Å². The van der Waals surface area contributed by atoms with Crippen molar-refractivity contribution in [3.63, 3.8) is 0 Å². The molecule has 45 heavy (non-hydrogen) atoms. The van der Waals surface area contributed by atoms with Gasteiger partial charge in [0.15, 0.2) is 0 Å². The van der Waals surface area contributed by atoms with Crippen molar-refractivity contribution in [3.8, 4) is 0 Å². The maximum absolute atomic E-state index is 14.1. The molecule has 3 amide bonds. The molecule has 0 bridgehead atoms. The summed E-state index contributed by atoms with van der Waals surface area (Å²) >= 11 is 2.11. The third-order valence-corrected chi connectivity index (χ3v) is 10.7. The number of aromatic nitrogens is 1. The minimum Gasteiger partial charge on any atom is -0.325 e. The van der Waals surface area contributed by atoms with Crippen LogP contribution in [-0.2, 0) is 26.3 Å². The minimum absolute atomic E-state index is 0.112. The number of thioether (sulfide) groups is 1. The average molecular weight is 643 g/mol. The Morgan fingerprint density at radius 3 is 2.18 bits per heavy atom. The van der Waals surface area contributed by atoms with E-state index in [1.54, 1.807) is 12.1 Å². The zero-order valence-electron chi connectivity index (χ0n) is 25.0. The highest BCUT2D eigenvalue weighted by molar-refractivity contribution is 8.00. The van der Waals surface area contributed by atoms with Crippen LogP contribution in [0.1, 0.15) is 48.3 Å². The third kappa shape index (κ3) is 5.59. The van der Waals surface area contributed by atoms with Gasteiger partial charge in [0.25, 0.3) is 5.69 Å². The molecule has 3 aromatic carbocycles. The van der Waals surface area contributed by atoms with E-state index in [2.05, 4.69) is 26.1 Å². The smallest absolute Gasteiger partial charge is 0.308 e. The summed E-state index contributed by atoms with van der Waals surface area (Å²) < 4.78 is 1.38. The molecule has 3 atom stereocenters. The molecule has 0 radical (unpaired) electrons. The Morgan fingerprint density at radius 1 is 0.933 bits per heavy atom. The lowest BCUT2D eigenvalue weighted by Crippen LogP contribution is -2.33. The second kappa shape index (κ2) is 11.4.